The molecule has 7 heteroatoms. The van der Waals surface area contributed by atoms with Gasteiger partial charge in [-0.15, -0.1) is 0 Å². The molecule has 2 amide bonds. The molecular formula is C14H25N3O3S. The first kappa shape index (κ1) is 17.8. The van der Waals surface area contributed by atoms with Crippen LogP contribution in [0.1, 0.15) is 33.6 Å². The van der Waals surface area contributed by atoms with Crippen molar-refractivity contribution in [1.82, 2.24) is 10.2 Å². The summed E-state index contributed by atoms with van der Waals surface area (Å²) in [5, 5.41) is 2.81. The van der Waals surface area contributed by atoms with Crippen molar-refractivity contribution < 1.29 is 14.3 Å². The van der Waals surface area contributed by atoms with Gasteiger partial charge in [-0.05, 0) is 19.8 Å². The highest BCUT2D eigenvalue weighted by molar-refractivity contribution is 7.80. The van der Waals surface area contributed by atoms with Crippen molar-refractivity contribution in [3.05, 3.63) is 0 Å². The van der Waals surface area contributed by atoms with Gasteiger partial charge in [-0.3, -0.25) is 9.59 Å². The molecule has 3 N–H and O–H groups in total. The Bertz CT molecular complexity index is 416. The molecule has 1 rings (SSSR count). The number of hydrogen-bond acceptors (Lipinski definition) is 4. The van der Waals surface area contributed by atoms with Crippen LogP contribution >= 0.6 is 12.2 Å². The molecule has 1 aliphatic rings. The fourth-order valence-corrected chi connectivity index (χ4v) is 2.41. The molecule has 1 heterocycles. The average molecular weight is 315 g/mol. The molecule has 0 aromatic carbocycles. The molecule has 1 saturated heterocycles. The Kier molecular flexibility index (Phi) is 6.54. The van der Waals surface area contributed by atoms with Gasteiger partial charge in [-0.1, -0.05) is 26.1 Å². The highest BCUT2D eigenvalue weighted by Crippen LogP contribution is 2.26. The van der Waals surface area contributed by atoms with Gasteiger partial charge in [-0.2, -0.15) is 0 Å². The third-order valence-electron chi connectivity index (χ3n) is 3.96. The lowest BCUT2D eigenvalue weighted by Gasteiger charge is -2.39. The van der Waals surface area contributed by atoms with Crippen molar-refractivity contribution >= 4 is 29.0 Å². The van der Waals surface area contributed by atoms with Gasteiger partial charge in [0.1, 0.15) is 6.04 Å². The van der Waals surface area contributed by atoms with Crippen molar-refractivity contribution in [2.75, 3.05) is 26.3 Å². The fourth-order valence-electron chi connectivity index (χ4n) is 2.18. The molecule has 0 radical (unpaired) electrons. The standard InChI is InChI=1S/C14H25N3O3S/c1-4-6-16-11(18)10-9-20-8-7-17(10)13(19)14(3,5-2)12(15)21/h10H,4-9H2,1-3H3,(H2,15,21)(H,16,18). The number of morpholine rings is 1. The zero-order chi connectivity index (χ0) is 16.0. The number of nitrogens with one attached hydrogen (secondary N) is 1. The number of amides is 2. The van der Waals surface area contributed by atoms with Crippen LogP contribution in [0.25, 0.3) is 0 Å². The summed E-state index contributed by atoms with van der Waals surface area (Å²) in [7, 11) is 0. The van der Waals surface area contributed by atoms with E-state index < -0.39 is 11.5 Å². The number of ether oxygens (including phenoxy) is 1. The summed E-state index contributed by atoms with van der Waals surface area (Å²) >= 11 is 5.05. The molecule has 0 aromatic heterocycles. The number of rotatable bonds is 6. The van der Waals surface area contributed by atoms with E-state index in [4.69, 9.17) is 22.7 Å². The van der Waals surface area contributed by atoms with Crippen molar-refractivity contribution in [3.8, 4) is 0 Å². The van der Waals surface area contributed by atoms with Crippen LogP contribution in [0.5, 0.6) is 0 Å². The second-order valence-corrected chi connectivity index (χ2v) is 5.87. The van der Waals surface area contributed by atoms with Gasteiger partial charge in [-0.25, -0.2) is 0 Å². The predicted molar refractivity (Wildman–Crippen MR) is 84.8 cm³/mol. The summed E-state index contributed by atoms with van der Waals surface area (Å²) in [6, 6.07) is -0.613. The van der Waals surface area contributed by atoms with Gasteiger partial charge >= 0.3 is 0 Å². The van der Waals surface area contributed by atoms with Crippen molar-refractivity contribution in [3.63, 3.8) is 0 Å². The van der Waals surface area contributed by atoms with Crippen LogP contribution in [0.2, 0.25) is 0 Å². The maximum atomic E-state index is 12.8. The Hall–Kier alpha value is -1.21. The Morgan fingerprint density at radius 3 is 2.67 bits per heavy atom. The van der Waals surface area contributed by atoms with Crippen LogP contribution in [-0.4, -0.2) is 54.0 Å². The lowest BCUT2D eigenvalue weighted by atomic mass is 9.85. The maximum absolute atomic E-state index is 12.8. The number of hydrogen-bond donors (Lipinski definition) is 2. The first-order chi connectivity index (χ1) is 9.88. The van der Waals surface area contributed by atoms with E-state index in [9.17, 15) is 9.59 Å². The molecule has 1 aliphatic heterocycles. The highest BCUT2D eigenvalue weighted by Gasteiger charge is 2.43. The van der Waals surface area contributed by atoms with Gasteiger partial charge in [0.2, 0.25) is 11.8 Å². The number of nitrogens with zero attached hydrogens (tertiary/aromatic N) is 1. The Labute approximate surface area is 131 Å². The Balaban J connectivity index is 2.92. The summed E-state index contributed by atoms with van der Waals surface area (Å²) in [6.45, 7) is 7.15. The van der Waals surface area contributed by atoms with Crippen LogP contribution < -0.4 is 11.1 Å². The quantitative estimate of drug-likeness (QED) is 0.695. The molecule has 0 aromatic rings. The topological polar surface area (TPSA) is 84.7 Å². The molecule has 120 valence electrons. The minimum atomic E-state index is -0.921. The van der Waals surface area contributed by atoms with E-state index >= 15 is 0 Å². The summed E-state index contributed by atoms with van der Waals surface area (Å²) in [5.41, 5.74) is 4.82. The number of nitrogens with two attached hydrogens (primary N) is 1. The maximum Gasteiger partial charge on any atom is 0.245 e. The number of carbonyl (C=O) groups excluding carboxylic acids is 2. The van der Waals surface area contributed by atoms with Crippen molar-refractivity contribution in [2.24, 2.45) is 11.1 Å². The molecule has 0 bridgehead atoms. The summed E-state index contributed by atoms with van der Waals surface area (Å²) in [5.74, 6) is -0.385. The highest BCUT2D eigenvalue weighted by atomic mass is 32.1. The van der Waals surface area contributed by atoms with Gasteiger partial charge in [0, 0.05) is 13.1 Å². The minimum Gasteiger partial charge on any atom is -0.392 e. The molecule has 2 atom stereocenters. The largest absolute Gasteiger partial charge is 0.392 e. The molecule has 6 nitrogen and oxygen atoms in total. The molecule has 0 spiro atoms. The van der Waals surface area contributed by atoms with E-state index in [1.807, 2.05) is 13.8 Å². The van der Waals surface area contributed by atoms with Crippen LogP contribution in [0.4, 0.5) is 0 Å². The predicted octanol–water partition coefficient (Wildman–Crippen LogP) is 0.442. The fraction of sp³-hybridized carbons (Fsp3) is 0.786. The SMILES string of the molecule is CCCNC(=O)C1COCCN1C(=O)C(C)(CC)C(N)=S. The smallest absolute Gasteiger partial charge is 0.245 e. The summed E-state index contributed by atoms with van der Waals surface area (Å²) < 4.78 is 5.35. The first-order valence-electron chi connectivity index (χ1n) is 7.34. The number of carbonyl (C=O) groups is 2. The summed E-state index contributed by atoms with van der Waals surface area (Å²) in [4.78, 5) is 26.7. The van der Waals surface area contributed by atoms with E-state index in [1.54, 1.807) is 11.8 Å². The lowest BCUT2D eigenvalue weighted by molar-refractivity contribution is -0.153. The third-order valence-corrected chi connectivity index (χ3v) is 4.41. The zero-order valence-electron chi connectivity index (χ0n) is 13.0. The van der Waals surface area contributed by atoms with E-state index in [2.05, 4.69) is 5.32 Å². The Morgan fingerprint density at radius 2 is 2.14 bits per heavy atom. The monoisotopic (exact) mass is 315 g/mol. The van der Waals surface area contributed by atoms with Crippen LogP contribution in [0, 0.1) is 5.41 Å². The average Bonchev–Trinajstić information content (AvgIpc) is 2.50. The van der Waals surface area contributed by atoms with Crippen LogP contribution in [0.15, 0.2) is 0 Å². The molecule has 1 fully saturated rings. The minimum absolute atomic E-state index is 0.161. The van der Waals surface area contributed by atoms with Gasteiger partial charge in [0.15, 0.2) is 0 Å². The number of thiocarbonyl (C=S) groups is 1. The summed E-state index contributed by atoms with van der Waals surface area (Å²) in [6.07, 6.45) is 1.34. The molecule has 21 heavy (non-hydrogen) atoms. The molecular weight excluding hydrogens is 290 g/mol. The van der Waals surface area contributed by atoms with Crippen molar-refractivity contribution in [1.29, 1.82) is 0 Å². The Morgan fingerprint density at radius 1 is 1.48 bits per heavy atom. The molecule has 2 unspecified atom stereocenters. The van der Waals surface area contributed by atoms with E-state index in [0.29, 0.717) is 26.1 Å². The molecule has 0 aliphatic carbocycles. The molecule has 0 saturated carbocycles. The van der Waals surface area contributed by atoms with E-state index in [1.165, 1.54) is 0 Å². The zero-order valence-corrected chi connectivity index (χ0v) is 13.8. The van der Waals surface area contributed by atoms with Gasteiger partial charge in [0.05, 0.1) is 23.6 Å². The van der Waals surface area contributed by atoms with Gasteiger partial charge in [0.25, 0.3) is 0 Å². The normalized spacial score (nSPS) is 21.5. The van der Waals surface area contributed by atoms with Crippen LogP contribution in [-0.2, 0) is 14.3 Å². The van der Waals surface area contributed by atoms with E-state index in [-0.39, 0.29) is 23.4 Å². The van der Waals surface area contributed by atoms with Gasteiger partial charge < -0.3 is 20.7 Å². The van der Waals surface area contributed by atoms with E-state index in [0.717, 1.165) is 6.42 Å². The first-order valence-corrected chi connectivity index (χ1v) is 7.75. The van der Waals surface area contributed by atoms with Crippen molar-refractivity contribution in [2.45, 2.75) is 39.7 Å². The second-order valence-electron chi connectivity index (χ2n) is 5.43. The lowest BCUT2D eigenvalue weighted by Crippen LogP contribution is -2.60. The van der Waals surface area contributed by atoms with Crippen LogP contribution in [0.3, 0.4) is 0 Å². The second kappa shape index (κ2) is 7.70. The third kappa shape index (κ3) is 3.91.